The second-order valence-corrected chi connectivity index (χ2v) is 6.43. The van der Waals surface area contributed by atoms with E-state index in [9.17, 15) is 14.7 Å². The highest BCUT2D eigenvalue weighted by Crippen LogP contribution is 2.19. The first-order valence-corrected chi connectivity index (χ1v) is 8.72. The van der Waals surface area contributed by atoms with E-state index in [-0.39, 0.29) is 35.5 Å². The fraction of sp³-hybridized carbons (Fsp3) is 0.300. The van der Waals surface area contributed by atoms with Crippen LogP contribution in [0.25, 0.3) is 0 Å². The molecule has 1 aliphatic rings. The number of amides is 2. The first-order valence-electron chi connectivity index (χ1n) is 8.72. The van der Waals surface area contributed by atoms with Crippen LogP contribution in [0.5, 0.6) is 5.75 Å². The second-order valence-electron chi connectivity index (χ2n) is 6.43. The zero-order chi connectivity index (χ0) is 18.5. The molecule has 6 nitrogen and oxygen atoms in total. The number of phenols is 1. The van der Waals surface area contributed by atoms with Crippen LogP contribution in [0.3, 0.4) is 0 Å². The van der Waals surface area contributed by atoms with Gasteiger partial charge in [0.15, 0.2) is 0 Å². The third-order valence-corrected chi connectivity index (χ3v) is 4.63. The van der Waals surface area contributed by atoms with Crippen molar-refractivity contribution in [3.63, 3.8) is 0 Å². The van der Waals surface area contributed by atoms with Crippen LogP contribution in [0.1, 0.15) is 15.9 Å². The zero-order valence-corrected chi connectivity index (χ0v) is 15.8. The molecule has 27 heavy (non-hydrogen) atoms. The number of hydrogen-bond donors (Lipinski definition) is 2. The summed E-state index contributed by atoms with van der Waals surface area (Å²) in [6.07, 6.45) is 0.497. The molecule has 1 fully saturated rings. The lowest BCUT2D eigenvalue weighted by Gasteiger charge is -2.36. The molecule has 1 heterocycles. The summed E-state index contributed by atoms with van der Waals surface area (Å²) < 4.78 is 0. The molecule has 144 valence electrons. The van der Waals surface area contributed by atoms with Gasteiger partial charge in [0.25, 0.3) is 5.91 Å². The van der Waals surface area contributed by atoms with Crippen molar-refractivity contribution >= 4 is 24.2 Å². The van der Waals surface area contributed by atoms with E-state index < -0.39 is 6.04 Å². The summed E-state index contributed by atoms with van der Waals surface area (Å²) in [6, 6.07) is 15.6. The van der Waals surface area contributed by atoms with Crippen LogP contribution in [-0.2, 0) is 11.2 Å². The van der Waals surface area contributed by atoms with E-state index in [0.717, 1.165) is 5.56 Å². The van der Waals surface area contributed by atoms with E-state index >= 15 is 0 Å². The Hall–Kier alpha value is -2.57. The average Bonchev–Trinajstić information content (AvgIpc) is 2.68. The lowest BCUT2D eigenvalue weighted by molar-refractivity contribution is -0.134. The third kappa shape index (κ3) is 4.99. The Labute approximate surface area is 165 Å². The predicted octanol–water partition coefficient (Wildman–Crippen LogP) is 1.67. The third-order valence-electron chi connectivity index (χ3n) is 4.63. The molecule has 0 unspecified atom stereocenters. The van der Waals surface area contributed by atoms with E-state index in [1.807, 2.05) is 30.3 Å². The summed E-state index contributed by atoms with van der Waals surface area (Å²) in [5.74, 6) is -0.340. The highest BCUT2D eigenvalue weighted by molar-refractivity contribution is 5.97. The van der Waals surface area contributed by atoms with Crippen molar-refractivity contribution < 1.29 is 14.7 Å². The lowest BCUT2D eigenvalue weighted by Crippen LogP contribution is -2.54. The summed E-state index contributed by atoms with van der Waals surface area (Å²) in [7, 11) is 0. The standard InChI is InChI=1S/C20H23N3O3.ClH/c21-17(14-15-6-2-1-3-7-15)20(26)23-12-10-22(11-13-23)19(25)16-8-4-5-9-18(16)24;/h1-9,17,24H,10-14,21H2;1H/t17-;/m0./s1. The van der Waals surface area contributed by atoms with E-state index in [0.29, 0.717) is 32.6 Å². The molecule has 0 spiro atoms. The Balaban J connectivity index is 0.00000261. The van der Waals surface area contributed by atoms with Gasteiger partial charge >= 0.3 is 0 Å². The Kier molecular flexibility index (Phi) is 7.21. The molecule has 2 amide bonds. The van der Waals surface area contributed by atoms with E-state index in [2.05, 4.69) is 0 Å². The zero-order valence-electron chi connectivity index (χ0n) is 15.0. The van der Waals surface area contributed by atoms with Gasteiger partial charge in [0, 0.05) is 26.2 Å². The first kappa shape index (κ1) is 20.7. The van der Waals surface area contributed by atoms with Crippen molar-refractivity contribution in [3.05, 3.63) is 65.7 Å². The normalized spacial score (nSPS) is 15.0. The van der Waals surface area contributed by atoms with Crippen LogP contribution in [0.15, 0.2) is 54.6 Å². The van der Waals surface area contributed by atoms with Gasteiger partial charge in [-0.3, -0.25) is 9.59 Å². The number of hydrogen-bond acceptors (Lipinski definition) is 4. The number of nitrogens with two attached hydrogens (primary N) is 1. The van der Waals surface area contributed by atoms with E-state index in [1.54, 1.807) is 28.0 Å². The number of nitrogens with zero attached hydrogens (tertiary/aromatic N) is 2. The van der Waals surface area contributed by atoms with Gasteiger partial charge in [-0.15, -0.1) is 12.4 Å². The van der Waals surface area contributed by atoms with Gasteiger partial charge in [-0.2, -0.15) is 0 Å². The van der Waals surface area contributed by atoms with Crippen molar-refractivity contribution in [3.8, 4) is 5.75 Å². The summed E-state index contributed by atoms with van der Waals surface area (Å²) in [5.41, 5.74) is 7.40. The molecule has 3 rings (SSSR count). The number of aromatic hydroxyl groups is 1. The number of rotatable bonds is 4. The van der Waals surface area contributed by atoms with Crippen LogP contribution in [0, 0.1) is 0 Å². The molecule has 3 N–H and O–H groups in total. The summed E-state index contributed by atoms with van der Waals surface area (Å²) in [5, 5.41) is 9.84. The maximum atomic E-state index is 12.6. The van der Waals surface area contributed by atoms with Crippen molar-refractivity contribution in [1.82, 2.24) is 9.80 Å². The molecular weight excluding hydrogens is 366 g/mol. The van der Waals surface area contributed by atoms with Gasteiger partial charge in [-0.05, 0) is 24.1 Å². The molecule has 7 heteroatoms. The summed E-state index contributed by atoms with van der Waals surface area (Å²) >= 11 is 0. The highest BCUT2D eigenvalue weighted by Gasteiger charge is 2.28. The van der Waals surface area contributed by atoms with Gasteiger partial charge in [0.2, 0.25) is 5.91 Å². The quantitative estimate of drug-likeness (QED) is 0.832. The van der Waals surface area contributed by atoms with Gasteiger partial charge in [0.05, 0.1) is 11.6 Å². The van der Waals surface area contributed by atoms with Gasteiger partial charge in [0.1, 0.15) is 5.75 Å². The summed E-state index contributed by atoms with van der Waals surface area (Å²) in [6.45, 7) is 1.75. The molecule has 1 atom stereocenters. The Morgan fingerprint density at radius 1 is 0.926 bits per heavy atom. The van der Waals surface area contributed by atoms with Gasteiger partial charge in [-0.1, -0.05) is 42.5 Å². The minimum atomic E-state index is -0.585. The molecule has 0 aliphatic carbocycles. The van der Waals surface area contributed by atoms with Gasteiger partial charge < -0.3 is 20.6 Å². The van der Waals surface area contributed by atoms with Gasteiger partial charge in [-0.25, -0.2) is 0 Å². The molecule has 0 saturated carbocycles. The number of para-hydroxylation sites is 1. The highest BCUT2D eigenvalue weighted by atomic mass is 35.5. The average molecular weight is 390 g/mol. The first-order chi connectivity index (χ1) is 12.6. The monoisotopic (exact) mass is 389 g/mol. The number of carbonyl (C=O) groups excluding carboxylic acids is 2. The molecule has 1 aliphatic heterocycles. The molecule has 2 aromatic rings. The Bertz CT molecular complexity index is 777. The maximum Gasteiger partial charge on any atom is 0.257 e. The largest absolute Gasteiger partial charge is 0.507 e. The molecular formula is C20H24ClN3O3. The van der Waals surface area contributed by atoms with Crippen molar-refractivity contribution in [1.29, 1.82) is 0 Å². The van der Waals surface area contributed by atoms with Crippen molar-refractivity contribution in [2.45, 2.75) is 12.5 Å². The number of benzene rings is 2. The van der Waals surface area contributed by atoms with Crippen molar-refractivity contribution in [2.24, 2.45) is 5.73 Å². The van der Waals surface area contributed by atoms with Crippen LogP contribution < -0.4 is 5.73 Å². The molecule has 1 saturated heterocycles. The maximum absolute atomic E-state index is 12.6. The van der Waals surface area contributed by atoms with Crippen LogP contribution >= 0.6 is 12.4 Å². The summed E-state index contributed by atoms with van der Waals surface area (Å²) in [4.78, 5) is 28.4. The number of phenolic OH excluding ortho intramolecular Hbond substituents is 1. The molecule has 0 bridgehead atoms. The topological polar surface area (TPSA) is 86.9 Å². The Morgan fingerprint density at radius 3 is 2.11 bits per heavy atom. The molecule has 0 radical (unpaired) electrons. The van der Waals surface area contributed by atoms with Crippen LogP contribution in [0.4, 0.5) is 0 Å². The second kappa shape index (κ2) is 9.39. The predicted molar refractivity (Wildman–Crippen MR) is 106 cm³/mol. The minimum absolute atomic E-state index is 0. The van der Waals surface area contributed by atoms with Crippen molar-refractivity contribution in [2.75, 3.05) is 26.2 Å². The number of carbonyl (C=O) groups is 2. The Morgan fingerprint density at radius 2 is 1.48 bits per heavy atom. The van der Waals surface area contributed by atoms with E-state index in [1.165, 1.54) is 6.07 Å². The number of piperazine rings is 1. The number of halogens is 1. The smallest absolute Gasteiger partial charge is 0.257 e. The molecule has 2 aromatic carbocycles. The van der Waals surface area contributed by atoms with Crippen LogP contribution in [0.2, 0.25) is 0 Å². The SMILES string of the molecule is Cl.N[C@@H](Cc1ccccc1)C(=O)N1CCN(C(=O)c2ccccc2O)CC1. The fourth-order valence-corrected chi connectivity index (χ4v) is 3.14. The minimum Gasteiger partial charge on any atom is -0.507 e. The fourth-order valence-electron chi connectivity index (χ4n) is 3.14. The van der Waals surface area contributed by atoms with Crippen LogP contribution in [-0.4, -0.2) is 58.9 Å². The molecule has 0 aromatic heterocycles. The van der Waals surface area contributed by atoms with E-state index in [4.69, 9.17) is 5.73 Å². The lowest BCUT2D eigenvalue weighted by atomic mass is 10.1.